The Morgan fingerprint density at radius 1 is 1.36 bits per heavy atom. The first-order valence-corrected chi connectivity index (χ1v) is 8.71. The van der Waals surface area contributed by atoms with Gasteiger partial charge in [0.1, 0.15) is 18.0 Å². The second kappa shape index (κ2) is 8.11. The van der Waals surface area contributed by atoms with Gasteiger partial charge >= 0.3 is 0 Å². The quantitative estimate of drug-likeness (QED) is 0.797. The van der Waals surface area contributed by atoms with E-state index in [9.17, 15) is 5.11 Å². The molecule has 2 aromatic rings. The van der Waals surface area contributed by atoms with E-state index in [1.807, 2.05) is 32.0 Å². The fourth-order valence-electron chi connectivity index (χ4n) is 3.00. The smallest absolute Gasteiger partial charge is 0.218 e. The molecule has 0 bridgehead atoms. The van der Waals surface area contributed by atoms with Crippen molar-refractivity contribution in [3.8, 4) is 5.88 Å². The standard InChI is InChI=1S/C18H25N5O2/c1-13(2)25-18-14(5-3-7-19-18)10-20-16-9-17(22-12-21-16)23-8-4-6-15(23)11-24/h3,5,7,9,12-13,15,24H,4,6,8,10-11H2,1-2H3,(H,20,21,22)/t15-/m1/s1. The summed E-state index contributed by atoms with van der Waals surface area (Å²) in [6, 6.07) is 5.95. The summed E-state index contributed by atoms with van der Waals surface area (Å²) in [5, 5.41) is 12.8. The molecule has 134 valence electrons. The number of aromatic nitrogens is 3. The molecule has 0 aliphatic carbocycles. The molecule has 0 radical (unpaired) electrons. The zero-order valence-corrected chi connectivity index (χ0v) is 14.7. The number of pyridine rings is 1. The molecule has 1 saturated heterocycles. The van der Waals surface area contributed by atoms with Crippen molar-refractivity contribution in [1.82, 2.24) is 15.0 Å². The van der Waals surface area contributed by atoms with Crippen molar-refractivity contribution in [2.24, 2.45) is 0 Å². The van der Waals surface area contributed by atoms with E-state index >= 15 is 0 Å². The van der Waals surface area contributed by atoms with Gasteiger partial charge in [-0.15, -0.1) is 0 Å². The Kier molecular flexibility index (Phi) is 5.65. The normalized spacial score (nSPS) is 17.1. The van der Waals surface area contributed by atoms with E-state index in [2.05, 4.69) is 25.2 Å². The van der Waals surface area contributed by atoms with Crippen LogP contribution >= 0.6 is 0 Å². The molecule has 1 aliphatic heterocycles. The highest BCUT2D eigenvalue weighted by molar-refractivity contribution is 5.50. The molecule has 0 aromatic carbocycles. The van der Waals surface area contributed by atoms with E-state index in [4.69, 9.17) is 4.74 Å². The van der Waals surface area contributed by atoms with Crippen molar-refractivity contribution in [3.63, 3.8) is 0 Å². The van der Waals surface area contributed by atoms with Gasteiger partial charge in [-0.25, -0.2) is 15.0 Å². The second-order valence-corrected chi connectivity index (χ2v) is 6.42. The molecular weight excluding hydrogens is 318 g/mol. The number of anilines is 2. The first-order valence-electron chi connectivity index (χ1n) is 8.71. The molecule has 0 saturated carbocycles. The van der Waals surface area contributed by atoms with Crippen LogP contribution in [-0.4, -0.2) is 45.4 Å². The molecule has 3 rings (SSSR count). The maximum absolute atomic E-state index is 9.50. The lowest BCUT2D eigenvalue weighted by Crippen LogP contribution is -2.32. The SMILES string of the molecule is CC(C)Oc1ncccc1CNc1cc(N2CCC[C@@H]2CO)ncn1. The Balaban J connectivity index is 1.69. The van der Waals surface area contributed by atoms with Crippen molar-refractivity contribution in [3.05, 3.63) is 36.3 Å². The number of hydrogen-bond acceptors (Lipinski definition) is 7. The van der Waals surface area contributed by atoms with Crippen LogP contribution in [0.4, 0.5) is 11.6 Å². The molecule has 3 heterocycles. The van der Waals surface area contributed by atoms with Gasteiger partial charge in [0, 0.05) is 30.9 Å². The van der Waals surface area contributed by atoms with Crippen LogP contribution < -0.4 is 15.0 Å². The molecule has 1 atom stereocenters. The zero-order valence-electron chi connectivity index (χ0n) is 14.7. The van der Waals surface area contributed by atoms with Gasteiger partial charge in [-0.05, 0) is 32.8 Å². The van der Waals surface area contributed by atoms with Gasteiger partial charge in [-0.3, -0.25) is 0 Å². The van der Waals surface area contributed by atoms with E-state index < -0.39 is 0 Å². The van der Waals surface area contributed by atoms with Crippen LogP contribution in [-0.2, 0) is 6.54 Å². The van der Waals surface area contributed by atoms with Gasteiger partial charge < -0.3 is 20.1 Å². The summed E-state index contributed by atoms with van der Waals surface area (Å²) in [6.07, 6.45) is 5.43. The van der Waals surface area contributed by atoms with Crippen LogP contribution in [0.1, 0.15) is 32.3 Å². The molecule has 25 heavy (non-hydrogen) atoms. The minimum absolute atomic E-state index is 0.0740. The fourth-order valence-corrected chi connectivity index (χ4v) is 3.00. The summed E-state index contributed by atoms with van der Waals surface area (Å²) in [7, 11) is 0. The summed E-state index contributed by atoms with van der Waals surface area (Å²) < 4.78 is 5.75. The maximum Gasteiger partial charge on any atom is 0.218 e. The molecule has 0 amide bonds. The summed E-state index contributed by atoms with van der Waals surface area (Å²) in [5.41, 5.74) is 0.978. The number of rotatable bonds is 7. The second-order valence-electron chi connectivity index (χ2n) is 6.42. The minimum atomic E-state index is 0.0740. The number of hydrogen-bond donors (Lipinski definition) is 2. The predicted octanol–water partition coefficient (Wildman–Crippen LogP) is 2.23. The molecule has 1 aliphatic rings. The lowest BCUT2D eigenvalue weighted by atomic mass is 10.2. The summed E-state index contributed by atoms with van der Waals surface area (Å²) in [5.74, 6) is 2.23. The predicted molar refractivity (Wildman–Crippen MR) is 96.8 cm³/mol. The minimum Gasteiger partial charge on any atom is -0.475 e. The highest BCUT2D eigenvalue weighted by atomic mass is 16.5. The first kappa shape index (κ1) is 17.4. The molecule has 1 fully saturated rings. The van der Waals surface area contributed by atoms with E-state index in [-0.39, 0.29) is 18.8 Å². The molecule has 0 spiro atoms. The number of nitrogens with one attached hydrogen (secondary N) is 1. The molecule has 7 heteroatoms. The van der Waals surface area contributed by atoms with Gasteiger partial charge in [-0.2, -0.15) is 0 Å². The Labute approximate surface area is 148 Å². The molecule has 2 N–H and O–H groups in total. The lowest BCUT2D eigenvalue weighted by molar-refractivity contribution is 0.230. The largest absolute Gasteiger partial charge is 0.475 e. The van der Waals surface area contributed by atoms with E-state index in [1.54, 1.807) is 12.5 Å². The summed E-state index contributed by atoms with van der Waals surface area (Å²) in [4.78, 5) is 15.1. The van der Waals surface area contributed by atoms with Gasteiger partial charge in [0.25, 0.3) is 0 Å². The van der Waals surface area contributed by atoms with Gasteiger partial charge in [0.05, 0.1) is 18.8 Å². The van der Waals surface area contributed by atoms with Crippen molar-refractivity contribution < 1.29 is 9.84 Å². The van der Waals surface area contributed by atoms with Crippen LogP contribution in [0.3, 0.4) is 0 Å². The van der Waals surface area contributed by atoms with Crippen LogP contribution in [0.2, 0.25) is 0 Å². The van der Waals surface area contributed by atoms with Gasteiger partial charge in [0.2, 0.25) is 5.88 Å². The molecular formula is C18H25N5O2. The zero-order chi connectivity index (χ0) is 17.6. The van der Waals surface area contributed by atoms with Crippen molar-refractivity contribution in [1.29, 1.82) is 0 Å². The Hall–Kier alpha value is -2.41. The maximum atomic E-state index is 9.50. The Morgan fingerprint density at radius 3 is 3.04 bits per heavy atom. The van der Waals surface area contributed by atoms with Gasteiger partial charge in [0.15, 0.2) is 0 Å². The highest BCUT2D eigenvalue weighted by Gasteiger charge is 2.25. The van der Waals surface area contributed by atoms with E-state index in [0.29, 0.717) is 12.4 Å². The van der Waals surface area contributed by atoms with E-state index in [1.165, 1.54) is 0 Å². The third-order valence-electron chi connectivity index (χ3n) is 4.19. The number of aliphatic hydroxyl groups is 1. The number of aliphatic hydroxyl groups excluding tert-OH is 1. The molecule has 0 unspecified atom stereocenters. The topological polar surface area (TPSA) is 83.4 Å². The van der Waals surface area contributed by atoms with Crippen molar-refractivity contribution in [2.45, 2.75) is 45.4 Å². The number of ether oxygens (including phenoxy) is 1. The summed E-state index contributed by atoms with van der Waals surface area (Å²) >= 11 is 0. The summed E-state index contributed by atoms with van der Waals surface area (Å²) in [6.45, 7) is 5.59. The van der Waals surface area contributed by atoms with Crippen LogP contribution in [0, 0.1) is 0 Å². The van der Waals surface area contributed by atoms with Crippen molar-refractivity contribution in [2.75, 3.05) is 23.4 Å². The highest BCUT2D eigenvalue weighted by Crippen LogP contribution is 2.25. The van der Waals surface area contributed by atoms with Crippen molar-refractivity contribution >= 4 is 11.6 Å². The van der Waals surface area contributed by atoms with Crippen LogP contribution in [0.15, 0.2) is 30.7 Å². The fraction of sp³-hybridized carbons (Fsp3) is 0.500. The monoisotopic (exact) mass is 343 g/mol. The van der Waals surface area contributed by atoms with Crippen LogP contribution in [0.5, 0.6) is 5.88 Å². The lowest BCUT2D eigenvalue weighted by Gasteiger charge is -2.24. The molecule has 7 nitrogen and oxygen atoms in total. The van der Waals surface area contributed by atoms with E-state index in [0.717, 1.165) is 36.6 Å². The third kappa shape index (κ3) is 4.36. The molecule has 2 aromatic heterocycles. The Bertz CT molecular complexity index is 695. The average Bonchev–Trinajstić information content (AvgIpc) is 3.09. The third-order valence-corrected chi connectivity index (χ3v) is 4.19. The van der Waals surface area contributed by atoms with Crippen LogP contribution in [0.25, 0.3) is 0 Å². The Morgan fingerprint density at radius 2 is 2.24 bits per heavy atom. The number of nitrogens with zero attached hydrogens (tertiary/aromatic N) is 4. The average molecular weight is 343 g/mol. The van der Waals surface area contributed by atoms with Gasteiger partial charge in [-0.1, -0.05) is 6.07 Å². The first-order chi connectivity index (χ1) is 12.2.